The van der Waals surface area contributed by atoms with E-state index in [2.05, 4.69) is 5.32 Å². The number of para-hydroxylation sites is 2. The molecule has 4 heteroatoms. The molecule has 0 aromatic heterocycles. The number of nitrogens with one attached hydrogen (secondary N) is 1. The molecule has 0 radical (unpaired) electrons. The lowest BCUT2D eigenvalue weighted by atomic mass is 10.3. The lowest BCUT2D eigenvalue weighted by Crippen LogP contribution is -2.18. The van der Waals surface area contributed by atoms with Gasteiger partial charge in [0.05, 0.1) is 0 Å². The Morgan fingerprint density at radius 1 is 1.29 bits per heavy atom. The molecule has 0 unspecified atom stereocenters. The molecule has 0 bridgehead atoms. The van der Waals surface area contributed by atoms with Gasteiger partial charge >= 0.3 is 0 Å². The fourth-order valence-corrected chi connectivity index (χ4v) is 0.713. The molecule has 78 valence electrons. The van der Waals surface area contributed by atoms with Gasteiger partial charge in [0.1, 0.15) is 0 Å². The van der Waals surface area contributed by atoms with Crippen LogP contribution >= 0.6 is 0 Å². The van der Waals surface area contributed by atoms with Gasteiger partial charge in [0.25, 0.3) is 0 Å². The molecule has 0 spiro atoms. The number of rotatable bonds is 1. The number of benzene rings is 1. The van der Waals surface area contributed by atoms with Crippen LogP contribution in [0.15, 0.2) is 24.3 Å². The highest BCUT2D eigenvalue weighted by Crippen LogP contribution is 2.21. The number of carbonyl (C=O) groups is 1. The average molecular weight is 197 g/mol. The summed E-state index contributed by atoms with van der Waals surface area (Å²) in [5.41, 5.74) is 0. The topological polar surface area (TPSA) is 69.6 Å². The van der Waals surface area contributed by atoms with Crippen LogP contribution in [-0.4, -0.2) is 22.7 Å². The molecule has 0 saturated carbocycles. The van der Waals surface area contributed by atoms with E-state index in [1.807, 2.05) is 6.92 Å². The molecule has 14 heavy (non-hydrogen) atoms. The van der Waals surface area contributed by atoms with Gasteiger partial charge in [0.2, 0.25) is 5.91 Å². The van der Waals surface area contributed by atoms with Crippen molar-refractivity contribution in [3.8, 4) is 11.5 Å². The second-order valence-corrected chi connectivity index (χ2v) is 2.58. The normalized spacial score (nSPS) is 8.43. The van der Waals surface area contributed by atoms with Crippen molar-refractivity contribution in [1.29, 1.82) is 0 Å². The molecule has 1 aromatic carbocycles. The summed E-state index contributed by atoms with van der Waals surface area (Å²) in [5, 5.41) is 19.9. The Morgan fingerprint density at radius 3 is 1.86 bits per heavy atom. The monoisotopic (exact) mass is 197 g/mol. The Bertz CT molecular complexity index is 265. The Hall–Kier alpha value is -1.71. The fraction of sp³-hybridized carbons (Fsp3) is 0.300. The molecule has 0 atom stereocenters. The summed E-state index contributed by atoms with van der Waals surface area (Å²) in [6.07, 6.45) is 0. The highest BCUT2D eigenvalue weighted by atomic mass is 16.3. The first-order valence-electron chi connectivity index (χ1n) is 4.29. The number of phenolic OH excluding ortho intramolecular Hbond substituents is 2. The van der Waals surface area contributed by atoms with Gasteiger partial charge in [-0.05, 0) is 19.1 Å². The van der Waals surface area contributed by atoms with E-state index in [0.29, 0.717) is 0 Å². The van der Waals surface area contributed by atoms with Crippen molar-refractivity contribution in [3.05, 3.63) is 24.3 Å². The van der Waals surface area contributed by atoms with E-state index in [-0.39, 0.29) is 17.4 Å². The summed E-state index contributed by atoms with van der Waals surface area (Å²) in [6.45, 7) is 4.13. The molecule has 0 heterocycles. The summed E-state index contributed by atoms with van der Waals surface area (Å²) in [7, 11) is 0. The van der Waals surface area contributed by atoms with Crippen LogP contribution in [0.3, 0.4) is 0 Å². The van der Waals surface area contributed by atoms with E-state index in [4.69, 9.17) is 10.2 Å². The zero-order valence-electron chi connectivity index (χ0n) is 8.32. The van der Waals surface area contributed by atoms with Gasteiger partial charge in [-0.25, -0.2) is 0 Å². The summed E-state index contributed by atoms with van der Waals surface area (Å²) >= 11 is 0. The molecular weight excluding hydrogens is 182 g/mol. The molecule has 0 aliphatic carbocycles. The van der Waals surface area contributed by atoms with Gasteiger partial charge in [-0.15, -0.1) is 0 Å². The highest BCUT2D eigenvalue weighted by molar-refractivity contribution is 5.72. The van der Waals surface area contributed by atoms with E-state index in [0.717, 1.165) is 6.54 Å². The van der Waals surface area contributed by atoms with Crippen LogP contribution in [0.4, 0.5) is 0 Å². The van der Waals surface area contributed by atoms with Crippen LogP contribution in [0.1, 0.15) is 13.8 Å². The molecule has 0 aliphatic rings. The summed E-state index contributed by atoms with van der Waals surface area (Å²) in [5.74, 6) is -0.113. The molecular formula is C10H15NO3. The molecule has 0 aliphatic heterocycles. The standard InChI is InChI=1S/C6H6O2.C4H9NO/c7-5-3-1-2-4-6(5)8;1-3-5-4(2)6/h1-4,7-8H;3H2,1-2H3,(H,5,6). The number of carbonyl (C=O) groups excluding carboxylic acids is 1. The molecule has 1 rings (SSSR count). The average Bonchev–Trinajstić information content (AvgIpc) is 2.11. The number of hydrogen-bond donors (Lipinski definition) is 3. The number of phenols is 2. The zero-order chi connectivity index (χ0) is 11.0. The second-order valence-electron chi connectivity index (χ2n) is 2.58. The van der Waals surface area contributed by atoms with Crippen LogP contribution in [0.25, 0.3) is 0 Å². The third-order valence-electron chi connectivity index (χ3n) is 1.31. The minimum atomic E-state index is -0.0764. The largest absolute Gasteiger partial charge is 0.504 e. The van der Waals surface area contributed by atoms with E-state index >= 15 is 0 Å². The van der Waals surface area contributed by atoms with Crippen molar-refractivity contribution in [2.24, 2.45) is 0 Å². The van der Waals surface area contributed by atoms with E-state index < -0.39 is 0 Å². The van der Waals surface area contributed by atoms with Crippen LogP contribution in [0, 0.1) is 0 Å². The van der Waals surface area contributed by atoms with Crippen molar-refractivity contribution in [2.45, 2.75) is 13.8 Å². The van der Waals surface area contributed by atoms with E-state index in [9.17, 15) is 4.79 Å². The smallest absolute Gasteiger partial charge is 0.216 e. The number of amides is 1. The van der Waals surface area contributed by atoms with Crippen LogP contribution in [0.5, 0.6) is 11.5 Å². The Balaban J connectivity index is 0.000000255. The summed E-state index contributed by atoms with van der Waals surface area (Å²) in [4.78, 5) is 9.93. The van der Waals surface area contributed by atoms with E-state index in [1.165, 1.54) is 19.1 Å². The quantitative estimate of drug-likeness (QED) is 0.593. The first-order valence-corrected chi connectivity index (χ1v) is 4.29. The maximum atomic E-state index is 9.93. The third kappa shape index (κ3) is 5.88. The third-order valence-corrected chi connectivity index (χ3v) is 1.31. The molecule has 0 saturated heterocycles. The van der Waals surface area contributed by atoms with Crippen molar-refractivity contribution in [1.82, 2.24) is 5.32 Å². The van der Waals surface area contributed by atoms with Crippen molar-refractivity contribution in [3.63, 3.8) is 0 Å². The maximum Gasteiger partial charge on any atom is 0.216 e. The predicted molar refractivity (Wildman–Crippen MR) is 54.1 cm³/mol. The fourth-order valence-electron chi connectivity index (χ4n) is 0.713. The van der Waals surface area contributed by atoms with Crippen LogP contribution in [0.2, 0.25) is 0 Å². The molecule has 1 amide bonds. The highest BCUT2D eigenvalue weighted by Gasteiger charge is 1.90. The Labute approximate surface area is 83.2 Å². The first kappa shape index (κ1) is 12.3. The number of hydrogen-bond acceptors (Lipinski definition) is 3. The van der Waals surface area contributed by atoms with Gasteiger partial charge < -0.3 is 15.5 Å². The van der Waals surface area contributed by atoms with Gasteiger partial charge in [0, 0.05) is 13.5 Å². The molecule has 4 nitrogen and oxygen atoms in total. The first-order chi connectivity index (χ1) is 6.57. The number of aromatic hydroxyl groups is 2. The lowest BCUT2D eigenvalue weighted by Gasteiger charge is -1.91. The van der Waals surface area contributed by atoms with Crippen molar-refractivity contribution >= 4 is 5.91 Å². The van der Waals surface area contributed by atoms with Crippen molar-refractivity contribution in [2.75, 3.05) is 6.54 Å². The predicted octanol–water partition coefficient (Wildman–Crippen LogP) is 1.24. The zero-order valence-corrected chi connectivity index (χ0v) is 8.32. The summed E-state index contributed by atoms with van der Waals surface area (Å²) in [6, 6.07) is 6.15. The SMILES string of the molecule is CCNC(C)=O.Oc1ccccc1O. The molecule has 1 aromatic rings. The Kier molecular flexibility index (Phi) is 5.94. The minimum Gasteiger partial charge on any atom is -0.504 e. The van der Waals surface area contributed by atoms with E-state index in [1.54, 1.807) is 12.1 Å². The summed E-state index contributed by atoms with van der Waals surface area (Å²) < 4.78 is 0. The maximum absolute atomic E-state index is 9.93. The minimum absolute atomic E-state index is 0.0394. The van der Waals surface area contributed by atoms with Crippen LogP contribution < -0.4 is 5.32 Å². The van der Waals surface area contributed by atoms with Gasteiger partial charge in [0.15, 0.2) is 11.5 Å². The van der Waals surface area contributed by atoms with Gasteiger partial charge in [-0.2, -0.15) is 0 Å². The molecule has 0 fully saturated rings. The van der Waals surface area contributed by atoms with Gasteiger partial charge in [-0.1, -0.05) is 12.1 Å². The second kappa shape index (κ2) is 6.77. The Morgan fingerprint density at radius 2 is 1.71 bits per heavy atom. The van der Waals surface area contributed by atoms with Crippen molar-refractivity contribution < 1.29 is 15.0 Å². The van der Waals surface area contributed by atoms with Gasteiger partial charge in [-0.3, -0.25) is 4.79 Å². The molecule has 3 N–H and O–H groups in total. The van der Waals surface area contributed by atoms with Crippen LogP contribution in [-0.2, 0) is 4.79 Å². The lowest BCUT2D eigenvalue weighted by molar-refractivity contribution is -0.118.